The summed E-state index contributed by atoms with van der Waals surface area (Å²) in [5, 5.41) is 0. The molecule has 2 N–H and O–H groups in total. The zero-order valence-electron chi connectivity index (χ0n) is 10.7. The molecule has 0 saturated carbocycles. The molecule has 1 aromatic carbocycles. The van der Waals surface area contributed by atoms with Crippen LogP contribution >= 0.6 is 0 Å². The van der Waals surface area contributed by atoms with Crippen LogP contribution < -0.4 is 10.5 Å². The van der Waals surface area contributed by atoms with Gasteiger partial charge in [0.05, 0.1) is 11.4 Å². The van der Waals surface area contributed by atoms with E-state index in [-0.39, 0.29) is 0 Å². The predicted molar refractivity (Wildman–Crippen MR) is 77.3 cm³/mol. The fourth-order valence-electron chi connectivity index (χ4n) is 1.61. The van der Waals surface area contributed by atoms with Crippen LogP contribution in [0.15, 0.2) is 49.0 Å². The normalized spacial score (nSPS) is 11.1. The summed E-state index contributed by atoms with van der Waals surface area (Å²) in [6, 6.07) is 7.26. The Morgan fingerprint density at radius 3 is 2.68 bits per heavy atom. The van der Waals surface area contributed by atoms with E-state index < -0.39 is 0 Å². The minimum atomic E-state index is 0.664. The lowest BCUT2D eigenvalue weighted by Gasteiger charge is -2.07. The molecule has 0 saturated heterocycles. The van der Waals surface area contributed by atoms with Crippen molar-refractivity contribution in [3.05, 3.63) is 60.4 Å². The van der Waals surface area contributed by atoms with Gasteiger partial charge in [-0.3, -0.25) is 9.97 Å². The topological polar surface area (TPSA) is 61.0 Å². The number of aromatic nitrogens is 2. The quantitative estimate of drug-likeness (QED) is 0.671. The molecule has 96 valence electrons. The molecule has 0 fully saturated rings. The number of nitrogens with zero attached hydrogens (tertiary/aromatic N) is 2. The number of hydrogen-bond donors (Lipinski definition) is 1. The van der Waals surface area contributed by atoms with Gasteiger partial charge in [-0.1, -0.05) is 12.6 Å². The highest BCUT2D eigenvalue weighted by Crippen LogP contribution is 2.18. The number of allylic oxidation sites excluding steroid dienone is 1. The van der Waals surface area contributed by atoms with Crippen LogP contribution in [0.5, 0.6) is 5.75 Å². The number of ether oxygens (including phenoxy) is 1. The molecule has 19 heavy (non-hydrogen) atoms. The molecule has 1 heterocycles. The van der Waals surface area contributed by atoms with Gasteiger partial charge in [-0.05, 0) is 25.1 Å². The molecule has 0 radical (unpaired) electrons. The first kappa shape index (κ1) is 12.8. The van der Waals surface area contributed by atoms with Gasteiger partial charge in [0.1, 0.15) is 11.5 Å². The number of nitrogens with two attached hydrogens (primary N) is 1. The van der Waals surface area contributed by atoms with Crippen LogP contribution in [0.4, 0.5) is 5.69 Å². The van der Waals surface area contributed by atoms with Crippen LogP contribution in [0.2, 0.25) is 0 Å². The van der Waals surface area contributed by atoms with Crippen molar-refractivity contribution in [2.45, 2.75) is 6.92 Å². The summed E-state index contributed by atoms with van der Waals surface area (Å²) in [7, 11) is 0. The van der Waals surface area contributed by atoms with Crippen molar-refractivity contribution in [1.82, 2.24) is 9.97 Å². The van der Waals surface area contributed by atoms with Crippen LogP contribution in [0, 0.1) is 0 Å². The van der Waals surface area contributed by atoms with Crippen LogP contribution in [0.1, 0.15) is 18.3 Å². The van der Waals surface area contributed by atoms with Crippen LogP contribution in [0.25, 0.3) is 12.2 Å². The first-order chi connectivity index (χ1) is 9.19. The molecule has 0 aliphatic carbocycles. The predicted octanol–water partition coefficient (Wildman–Crippen LogP) is 3.14. The first-order valence-electron chi connectivity index (χ1n) is 5.84. The Hall–Kier alpha value is -2.62. The van der Waals surface area contributed by atoms with Gasteiger partial charge in [-0.2, -0.15) is 0 Å². The summed E-state index contributed by atoms with van der Waals surface area (Å²) in [6.45, 7) is 5.56. The Bertz CT molecular complexity index is 620. The van der Waals surface area contributed by atoms with E-state index in [9.17, 15) is 0 Å². The zero-order chi connectivity index (χ0) is 13.7. The molecular weight excluding hydrogens is 238 g/mol. The van der Waals surface area contributed by atoms with Crippen molar-refractivity contribution in [2.24, 2.45) is 0 Å². The number of rotatable bonds is 4. The second kappa shape index (κ2) is 5.82. The van der Waals surface area contributed by atoms with Crippen molar-refractivity contribution < 1.29 is 4.74 Å². The highest BCUT2D eigenvalue weighted by Gasteiger charge is 2.01. The maximum absolute atomic E-state index is 5.70. The van der Waals surface area contributed by atoms with Crippen molar-refractivity contribution in [1.29, 1.82) is 0 Å². The van der Waals surface area contributed by atoms with Crippen LogP contribution in [0.3, 0.4) is 0 Å². The second-order valence-electron chi connectivity index (χ2n) is 3.96. The number of nitrogen functional groups attached to an aromatic ring is 1. The minimum absolute atomic E-state index is 0.664. The van der Waals surface area contributed by atoms with E-state index in [2.05, 4.69) is 16.5 Å². The standard InChI is InChI=1S/C15H15N3O/c1-3-14-15(18-8-7-17-14)9-11(2)19-13-6-4-5-12(16)10-13/h3-10H,1,16H2,2H3/b11-9+. The average molecular weight is 253 g/mol. The van der Waals surface area contributed by atoms with E-state index in [0.717, 1.165) is 11.4 Å². The SMILES string of the molecule is C=Cc1nccnc1/C=C(\C)Oc1cccc(N)c1. The van der Waals surface area contributed by atoms with Gasteiger partial charge in [0.25, 0.3) is 0 Å². The fraction of sp³-hybridized carbons (Fsp3) is 0.0667. The van der Waals surface area contributed by atoms with Crippen molar-refractivity contribution >= 4 is 17.8 Å². The largest absolute Gasteiger partial charge is 0.462 e. The smallest absolute Gasteiger partial charge is 0.128 e. The maximum Gasteiger partial charge on any atom is 0.128 e. The summed E-state index contributed by atoms with van der Waals surface area (Å²) in [6.07, 6.45) is 6.73. The zero-order valence-corrected chi connectivity index (χ0v) is 10.7. The molecule has 2 aromatic rings. The summed E-state index contributed by atoms with van der Waals surface area (Å²) in [5.41, 5.74) is 7.80. The molecular formula is C15H15N3O. The third-order valence-corrected chi connectivity index (χ3v) is 2.43. The molecule has 0 spiro atoms. The van der Waals surface area contributed by atoms with Gasteiger partial charge in [-0.15, -0.1) is 0 Å². The van der Waals surface area contributed by atoms with E-state index in [0.29, 0.717) is 17.2 Å². The highest BCUT2D eigenvalue weighted by atomic mass is 16.5. The van der Waals surface area contributed by atoms with Gasteiger partial charge < -0.3 is 10.5 Å². The Kier molecular flexibility index (Phi) is 3.93. The Morgan fingerprint density at radius 1 is 1.26 bits per heavy atom. The summed E-state index contributed by atoms with van der Waals surface area (Å²) < 4.78 is 5.68. The lowest BCUT2D eigenvalue weighted by atomic mass is 10.2. The Labute approximate surface area is 112 Å². The Balaban J connectivity index is 2.21. The lowest BCUT2D eigenvalue weighted by molar-refractivity contribution is 0.433. The first-order valence-corrected chi connectivity index (χ1v) is 5.84. The number of benzene rings is 1. The van der Waals surface area contributed by atoms with Gasteiger partial charge in [0.15, 0.2) is 0 Å². The summed E-state index contributed by atoms with van der Waals surface area (Å²) in [4.78, 5) is 8.40. The van der Waals surface area contributed by atoms with E-state index in [1.807, 2.05) is 31.2 Å². The molecule has 4 heteroatoms. The van der Waals surface area contributed by atoms with E-state index in [1.54, 1.807) is 24.5 Å². The third-order valence-electron chi connectivity index (χ3n) is 2.43. The molecule has 0 aliphatic rings. The van der Waals surface area contributed by atoms with E-state index in [4.69, 9.17) is 10.5 Å². The number of hydrogen-bond acceptors (Lipinski definition) is 4. The van der Waals surface area contributed by atoms with Gasteiger partial charge in [0, 0.05) is 30.2 Å². The fourth-order valence-corrected chi connectivity index (χ4v) is 1.61. The highest BCUT2D eigenvalue weighted by molar-refractivity contribution is 5.59. The van der Waals surface area contributed by atoms with Gasteiger partial charge in [-0.25, -0.2) is 0 Å². The molecule has 4 nitrogen and oxygen atoms in total. The van der Waals surface area contributed by atoms with Crippen molar-refractivity contribution in [2.75, 3.05) is 5.73 Å². The van der Waals surface area contributed by atoms with Gasteiger partial charge >= 0.3 is 0 Å². The lowest BCUT2D eigenvalue weighted by Crippen LogP contribution is -1.95. The molecule has 0 unspecified atom stereocenters. The number of anilines is 1. The van der Waals surface area contributed by atoms with Crippen LogP contribution in [-0.2, 0) is 0 Å². The monoisotopic (exact) mass is 253 g/mol. The van der Waals surface area contributed by atoms with E-state index in [1.165, 1.54) is 0 Å². The van der Waals surface area contributed by atoms with Gasteiger partial charge in [0.2, 0.25) is 0 Å². The maximum atomic E-state index is 5.70. The molecule has 0 bridgehead atoms. The molecule has 1 aromatic heterocycles. The molecule has 0 amide bonds. The Morgan fingerprint density at radius 2 is 2.00 bits per heavy atom. The molecule has 0 atom stereocenters. The van der Waals surface area contributed by atoms with Crippen molar-refractivity contribution in [3.63, 3.8) is 0 Å². The third kappa shape index (κ3) is 3.42. The average Bonchev–Trinajstić information content (AvgIpc) is 2.39. The summed E-state index contributed by atoms with van der Waals surface area (Å²) in [5.74, 6) is 1.40. The molecule has 2 rings (SSSR count). The van der Waals surface area contributed by atoms with Crippen LogP contribution in [-0.4, -0.2) is 9.97 Å². The van der Waals surface area contributed by atoms with E-state index >= 15 is 0 Å². The minimum Gasteiger partial charge on any atom is -0.462 e. The summed E-state index contributed by atoms with van der Waals surface area (Å²) >= 11 is 0. The molecule has 0 aliphatic heterocycles. The second-order valence-corrected chi connectivity index (χ2v) is 3.96. The van der Waals surface area contributed by atoms with Crippen molar-refractivity contribution in [3.8, 4) is 5.75 Å².